The molecule has 0 aliphatic carbocycles. The zero-order valence-corrected chi connectivity index (χ0v) is 11.6. The van der Waals surface area contributed by atoms with Gasteiger partial charge >= 0.3 is 0 Å². The number of piperidine rings is 1. The predicted molar refractivity (Wildman–Crippen MR) is 77.9 cm³/mol. The van der Waals surface area contributed by atoms with E-state index in [1.165, 1.54) is 24.8 Å². The van der Waals surface area contributed by atoms with Crippen LogP contribution >= 0.6 is 11.6 Å². The molecular weight excluding hydrogens is 258 g/mol. The van der Waals surface area contributed by atoms with E-state index < -0.39 is 0 Å². The number of halogens is 1. The molecule has 1 aromatic heterocycles. The highest BCUT2D eigenvalue weighted by Crippen LogP contribution is 2.16. The number of hydrogen-bond donors (Lipinski definition) is 1. The first-order valence-corrected chi connectivity index (χ1v) is 7.22. The summed E-state index contributed by atoms with van der Waals surface area (Å²) in [6, 6.07) is 8.36. The minimum Gasteiger partial charge on any atom is -0.314 e. The zero-order valence-electron chi connectivity index (χ0n) is 10.8. The van der Waals surface area contributed by atoms with Crippen LogP contribution in [-0.2, 0) is 6.42 Å². The predicted octanol–water partition coefficient (Wildman–Crippen LogP) is 3.21. The summed E-state index contributed by atoms with van der Waals surface area (Å²) in [5.41, 5.74) is 2.33. The normalized spacial score (nSPS) is 19.5. The molecule has 1 N–H and O–H groups in total. The van der Waals surface area contributed by atoms with Gasteiger partial charge in [0.2, 0.25) is 0 Å². The molecule has 19 heavy (non-hydrogen) atoms. The van der Waals surface area contributed by atoms with Gasteiger partial charge in [0.25, 0.3) is 0 Å². The topological polar surface area (TPSA) is 29.9 Å². The first-order valence-electron chi connectivity index (χ1n) is 6.84. The Hall–Kier alpha value is -1.32. The maximum absolute atomic E-state index is 5.90. The number of aromatic nitrogens is 2. The Morgan fingerprint density at radius 1 is 1.26 bits per heavy atom. The van der Waals surface area contributed by atoms with Crippen molar-refractivity contribution in [1.29, 1.82) is 0 Å². The SMILES string of the molecule is Clc1ccc(-n2cc(CC3CCCCN3)cn2)cc1. The fourth-order valence-electron chi connectivity index (χ4n) is 2.58. The summed E-state index contributed by atoms with van der Waals surface area (Å²) in [5, 5.41) is 8.75. The van der Waals surface area contributed by atoms with Crippen LogP contribution in [0.25, 0.3) is 5.69 Å². The molecule has 0 saturated carbocycles. The first-order chi connectivity index (χ1) is 9.31. The van der Waals surface area contributed by atoms with E-state index >= 15 is 0 Å². The van der Waals surface area contributed by atoms with Crippen molar-refractivity contribution in [2.75, 3.05) is 6.54 Å². The maximum atomic E-state index is 5.90. The van der Waals surface area contributed by atoms with Crippen LogP contribution < -0.4 is 5.32 Å². The maximum Gasteiger partial charge on any atom is 0.0646 e. The third-order valence-corrected chi connectivity index (χ3v) is 3.87. The van der Waals surface area contributed by atoms with Crippen LogP contribution in [-0.4, -0.2) is 22.4 Å². The van der Waals surface area contributed by atoms with Crippen molar-refractivity contribution in [1.82, 2.24) is 15.1 Å². The van der Waals surface area contributed by atoms with E-state index in [4.69, 9.17) is 11.6 Å². The van der Waals surface area contributed by atoms with Crippen LogP contribution in [0, 0.1) is 0 Å². The molecule has 1 saturated heterocycles. The van der Waals surface area contributed by atoms with Crippen LogP contribution in [0.15, 0.2) is 36.7 Å². The molecule has 1 aliphatic rings. The molecule has 2 aromatic rings. The van der Waals surface area contributed by atoms with Gasteiger partial charge in [-0.25, -0.2) is 4.68 Å². The van der Waals surface area contributed by atoms with Gasteiger partial charge in [-0.15, -0.1) is 0 Å². The lowest BCUT2D eigenvalue weighted by Gasteiger charge is -2.22. The van der Waals surface area contributed by atoms with E-state index in [-0.39, 0.29) is 0 Å². The van der Waals surface area contributed by atoms with Crippen LogP contribution in [0.4, 0.5) is 0 Å². The average molecular weight is 276 g/mol. The van der Waals surface area contributed by atoms with Gasteiger partial charge in [0.05, 0.1) is 11.9 Å². The molecule has 1 atom stereocenters. The van der Waals surface area contributed by atoms with Gasteiger partial charge in [-0.05, 0) is 55.6 Å². The van der Waals surface area contributed by atoms with Gasteiger partial charge in [0, 0.05) is 17.3 Å². The summed E-state index contributed by atoms with van der Waals surface area (Å²) < 4.78 is 1.91. The monoisotopic (exact) mass is 275 g/mol. The Kier molecular flexibility index (Phi) is 3.85. The lowest BCUT2D eigenvalue weighted by atomic mass is 10.00. The number of nitrogens with zero attached hydrogens (tertiary/aromatic N) is 2. The average Bonchev–Trinajstić information content (AvgIpc) is 2.89. The molecule has 0 spiro atoms. The molecule has 0 amide bonds. The van der Waals surface area contributed by atoms with Crippen LogP contribution in [0.2, 0.25) is 5.02 Å². The Morgan fingerprint density at radius 3 is 2.84 bits per heavy atom. The van der Waals surface area contributed by atoms with Crippen molar-refractivity contribution in [3.63, 3.8) is 0 Å². The van der Waals surface area contributed by atoms with Crippen molar-refractivity contribution in [3.8, 4) is 5.69 Å². The fraction of sp³-hybridized carbons (Fsp3) is 0.400. The Labute approximate surface area is 118 Å². The van der Waals surface area contributed by atoms with Gasteiger partial charge in [-0.3, -0.25) is 0 Å². The lowest BCUT2D eigenvalue weighted by molar-refractivity contribution is 0.399. The minimum absolute atomic E-state index is 0.608. The van der Waals surface area contributed by atoms with E-state index in [0.717, 1.165) is 23.7 Å². The molecule has 3 rings (SSSR count). The molecule has 0 radical (unpaired) electrons. The standard InChI is InChI=1S/C15H18ClN3/c16-13-4-6-15(7-5-13)19-11-12(10-18-19)9-14-3-1-2-8-17-14/h4-7,10-11,14,17H,1-3,8-9H2. The fourth-order valence-corrected chi connectivity index (χ4v) is 2.71. The highest BCUT2D eigenvalue weighted by atomic mass is 35.5. The summed E-state index contributed by atoms with van der Waals surface area (Å²) in [5.74, 6) is 0. The molecular formula is C15H18ClN3. The van der Waals surface area contributed by atoms with Crippen molar-refractivity contribution in [2.45, 2.75) is 31.7 Å². The molecule has 100 valence electrons. The minimum atomic E-state index is 0.608. The van der Waals surface area contributed by atoms with E-state index in [9.17, 15) is 0 Å². The van der Waals surface area contributed by atoms with Gasteiger partial charge < -0.3 is 5.32 Å². The van der Waals surface area contributed by atoms with Crippen molar-refractivity contribution in [2.24, 2.45) is 0 Å². The zero-order chi connectivity index (χ0) is 13.1. The van der Waals surface area contributed by atoms with Crippen molar-refractivity contribution < 1.29 is 0 Å². The highest BCUT2D eigenvalue weighted by molar-refractivity contribution is 6.30. The Morgan fingerprint density at radius 2 is 2.11 bits per heavy atom. The molecule has 0 bridgehead atoms. The highest BCUT2D eigenvalue weighted by Gasteiger charge is 2.13. The summed E-state index contributed by atoms with van der Waals surface area (Å²) in [4.78, 5) is 0. The van der Waals surface area contributed by atoms with Crippen LogP contribution in [0.1, 0.15) is 24.8 Å². The van der Waals surface area contributed by atoms with Crippen LogP contribution in [0.3, 0.4) is 0 Å². The summed E-state index contributed by atoms with van der Waals surface area (Å²) in [6.45, 7) is 1.15. The number of benzene rings is 1. The smallest absolute Gasteiger partial charge is 0.0646 e. The molecule has 2 heterocycles. The molecule has 1 aromatic carbocycles. The largest absolute Gasteiger partial charge is 0.314 e. The van der Waals surface area contributed by atoms with E-state index in [2.05, 4.69) is 16.6 Å². The van der Waals surface area contributed by atoms with Crippen molar-refractivity contribution in [3.05, 3.63) is 47.2 Å². The first kappa shape index (κ1) is 12.7. The second kappa shape index (κ2) is 5.76. The Balaban J connectivity index is 1.70. The second-order valence-corrected chi connectivity index (χ2v) is 5.56. The molecule has 3 nitrogen and oxygen atoms in total. The second-order valence-electron chi connectivity index (χ2n) is 5.12. The Bertz CT molecular complexity index is 527. The molecule has 1 fully saturated rings. The third-order valence-electron chi connectivity index (χ3n) is 3.62. The number of rotatable bonds is 3. The summed E-state index contributed by atoms with van der Waals surface area (Å²) >= 11 is 5.90. The molecule has 1 unspecified atom stereocenters. The van der Waals surface area contributed by atoms with E-state index in [1.54, 1.807) is 0 Å². The summed E-state index contributed by atoms with van der Waals surface area (Å²) in [7, 11) is 0. The summed E-state index contributed by atoms with van der Waals surface area (Å²) in [6.07, 6.45) is 9.05. The van der Waals surface area contributed by atoms with E-state index in [0.29, 0.717) is 6.04 Å². The number of hydrogen-bond acceptors (Lipinski definition) is 2. The quantitative estimate of drug-likeness (QED) is 0.932. The van der Waals surface area contributed by atoms with Gasteiger partial charge in [0.1, 0.15) is 0 Å². The van der Waals surface area contributed by atoms with Gasteiger partial charge in [-0.1, -0.05) is 18.0 Å². The molecule has 4 heteroatoms. The van der Waals surface area contributed by atoms with Gasteiger partial charge in [-0.2, -0.15) is 5.10 Å². The lowest BCUT2D eigenvalue weighted by Crippen LogP contribution is -2.35. The molecule has 1 aliphatic heterocycles. The number of nitrogens with one attached hydrogen (secondary N) is 1. The van der Waals surface area contributed by atoms with Gasteiger partial charge in [0.15, 0.2) is 0 Å². The van der Waals surface area contributed by atoms with Crippen molar-refractivity contribution >= 4 is 11.6 Å². The van der Waals surface area contributed by atoms with Crippen LogP contribution in [0.5, 0.6) is 0 Å². The third kappa shape index (κ3) is 3.17. The van der Waals surface area contributed by atoms with E-state index in [1.807, 2.05) is 35.1 Å².